The predicted molar refractivity (Wildman–Crippen MR) is 115 cm³/mol. The molecule has 0 aliphatic carbocycles. The Labute approximate surface area is 169 Å². The average molecular weight is 386 g/mol. The van der Waals surface area contributed by atoms with Gasteiger partial charge in [-0.1, -0.05) is 84.0 Å². The fraction of sp³-hybridized carbons (Fsp3) is 0.957. The van der Waals surface area contributed by atoms with Gasteiger partial charge in [0.1, 0.15) is 0 Å². The van der Waals surface area contributed by atoms with Gasteiger partial charge >= 0.3 is 0 Å². The predicted octanol–water partition coefficient (Wildman–Crippen LogP) is 5.98. The van der Waals surface area contributed by atoms with Crippen LogP contribution >= 0.6 is 0 Å². The molecule has 0 aromatic carbocycles. The van der Waals surface area contributed by atoms with Crippen molar-refractivity contribution in [1.29, 1.82) is 0 Å². The molecule has 0 saturated carbocycles. The number of carbonyl (C=O) groups is 1. The molecule has 0 spiro atoms. The molecule has 0 atom stereocenters. The van der Waals surface area contributed by atoms with E-state index in [-0.39, 0.29) is 5.91 Å². The number of rotatable bonds is 21. The molecule has 4 nitrogen and oxygen atoms in total. The first kappa shape index (κ1) is 26.4. The summed E-state index contributed by atoms with van der Waals surface area (Å²) in [7, 11) is 1.87. The van der Waals surface area contributed by atoms with Crippen LogP contribution in [0.4, 0.5) is 0 Å². The van der Waals surface area contributed by atoms with E-state index < -0.39 is 0 Å². The van der Waals surface area contributed by atoms with E-state index in [4.69, 9.17) is 9.47 Å². The molecular formula is C23H47NO3. The Morgan fingerprint density at radius 1 is 0.667 bits per heavy atom. The van der Waals surface area contributed by atoms with E-state index >= 15 is 0 Å². The third-order valence-electron chi connectivity index (χ3n) is 5.07. The first-order valence-electron chi connectivity index (χ1n) is 11.6. The number of likely N-dealkylation sites (N-methyl/N-ethyl adjacent to an activating group) is 1. The fourth-order valence-corrected chi connectivity index (χ4v) is 3.18. The van der Waals surface area contributed by atoms with Gasteiger partial charge in [0.2, 0.25) is 5.91 Å². The summed E-state index contributed by atoms with van der Waals surface area (Å²) in [5.41, 5.74) is 0. The van der Waals surface area contributed by atoms with Gasteiger partial charge in [0.25, 0.3) is 0 Å². The summed E-state index contributed by atoms with van der Waals surface area (Å²) in [6, 6.07) is 0. The summed E-state index contributed by atoms with van der Waals surface area (Å²) in [5.74, 6) is 0.242. The van der Waals surface area contributed by atoms with E-state index in [9.17, 15) is 4.79 Å². The molecule has 0 aromatic rings. The smallest absolute Gasteiger partial charge is 0.222 e. The topological polar surface area (TPSA) is 38.8 Å². The van der Waals surface area contributed by atoms with Gasteiger partial charge in [-0.15, -0.1) is 0 Å². The summed E-state index contributed by atoms with van der Waals surface area (Å²) in [5, 5.41) is 0. The zero-order valence-corrected chi connectivity index (χ0v) is 18.6. The highest BCUT2D eigenvalue weighted by Crippen LogP contribution is 2.13. The number of unbranched alkanes of at least 4 members (excludes halogenated alkanes) is 12. The van der Waals surface area contributed by atoms with Crippen LogP contribution in [0.2, 0.25) is 0 Å². The Morgan fingerprint density at radius 2 is 1.15 bits per heavy atom. The number of hydrogen-bond acceptors (Lipinski definition) is 3. The van der Waals surface area contributed by atoms with Crippen LogP contribution in [0, 0.1) is 0 Å². The molecule has 4 heteroatoms. The molecule has 0 heterocycles. The quantitative estimate of drug-likeness (QED) is 0.228. The highest BCUT2D eigenvalue weighted by Gasteiger charge is 2.07. The molecule has 0 aliphatic heterocycles. The molecule has 0 aromatic heterocycles. The summed E-state index contributed by atoms with van der Waals surface area (Å²) < 4.78 is 10.7. The highest BCUT2D eigenvalue weighted by molar-refractivity contribution is 5.75. The molecule has 0 radical (unpaired) electrons. The standard InChI is InChI=1S/C23H47NO3/c1-4-6-7-8-9-10-11-12-13-14-15-16-17-18-23(25)24(3)19-20-27-22-21-26-5-2/h4-22H2,1-3H3. The molecular weight excluding hydrogens is 338 g/mol. The van der Waals surface area contributed by atoms with Crippen LogP contribution in [0.25, 0.3) is 0 Å². The minimum absolute atomic E-state index is 0.242. The van der Waals surface area contributed by atoms with E-state index in [0.29, 0.717) is 32.8 Å². The van der Waals surface area contributed by atoms with Gasteiger partial charge in [0.15, 0.2) is 0 Å². The van der Waals surface area contributed by atoms with Crippen molar-refractivity contribution in [3.63, 3.8) is 0 Å². The van der Waals surface area contributed by atoms with E-state index in [2.05, 4.69) is 6.92 Å². The SMILES string of the molecule is CCCCCCCCCCCCCCCC(=O)N(C)CCOCCOCC. The lowest BCUT2D eigenvalue weighted by Crippen LogP contribution is -2.30. The van der Waals surface area contributed by atoms with Crippen molar-refractivity contribution < 1.29 is 14.3 Å². The third kappa shape index (κ3) is 19.9. The molecule has 0 bridgehead atoms. The zero-order valence-electron chi connectivity index (χ0n) is 18.6. The third-order valence-corrected chi connectivity index (χ3v) is 5.07. The summed E-state index contributed by atoms with van der Waals surface area (Å²) in [4.78, 5) is 13.8. The molecule has 0 fully saturated rings. The van der Waals surface area contributed by atoms with E-state index in [1.54, 1.807) is 4.90 Å². The van der Waals surface area contributed by atoms with Crippen LogP contribution in [-0.2, 0) is 14.3 Å². The number of nitrogens with zero attached hydrogens (tertiary/aromatic N) is 1. The van der Waals surface area contributed by atoms with E-state index in [1.165, 1.54) is 77.0 Å². The molecule has 0 unspecified atom stereocenters. The van der Waals surface area contributed by atoms with Crippen molar-refractivity contribution in [3.8, 4) is 0 Å². The van der Waals surface area contributed by atoms with Crippen molar-refractivity contribution in [3.05, 3.63) is 0 Å². The monoisotopic (exact) mass is 385 g/mol. The molecule has 0 rings (SSSR count). The van der Waals surface area contributed by atoms with Crippen LogP contribution < -0.4 is 0 Å². The largest absolute Gasteiger partial charge is 0.379 e. The number of hydrogen-bond donors (Lipinski definition) is 0. The van der Waals surface area contributed by atoms with E-state index in [1.807, 2.05) is 14.0 Å². The van der Waals surface area contributed by atoms with Crippen LogP contribution in [0.5, 0.6) is 0 Å². The van der Waals surface area contributed by atoms with Crippen molar-refractivity contribution >= 4 is 5.91 Å². The maximum Gasteiger partial charge on any atom is 0.222 e. The Bertz CT molecular complexity index is 310. The maximum absolute atomic E-state index is 12.1. The summed E-state index contributed by atoms with van der Waals surface area (Å²) in [6.45, 7) is 7.47. The van der Waals surface area contributed by atoms with Gasteiger partial charge in [0, 0.05) is 26.6 Å². The van der Waals surface area contributed by atoms with Crippen LogP contribution in [0.15, 0.2) is 0 Å². The van der Waals surface area contributed by atoms with Gasteiger partial charge in [0.05, 0.1) is 19.8 Å². The zero-order chi connectivity index (χ0) is 20.0. The van der Waals surface area contributed by atoms with Gasteiger partial charge in [-0.05, 0) is 13.3 Å². The van der Waals surface area contributed by atoms with E-state index in [0.717, 1.165) is 13.0 Å². The van der Waals surface area contributed by atoms with Crippen molar-refractivity contribution in [2.24, 2.45) is 0 Å². The number of carbonyl (C=O) groups excluding carboxylic acids is 1. The van der Waals surface area contributed by atoms with Crippen LogP contribution in [0.1, 0.15) is 104 Å². The first-order valence-corrected chi connectivity index (χ1v) is 11.6. The molecule has 162 valence electrons. The van der Waals surface area contributed by atoms with Gasteiger partial charge in [-0.3, -0.25) is 4.79 Å². The Balaban J connectivity index is 3.28. The van der Waals surface area contributed by atoms with Crippen molar-refractivity contribution in [2.45, 2.75) is 104 Å². The maximum atomic E-state index is 12.1. The van der Waals surface area contributed by atoms with Gasteiger partial charge in [-0.2, -0.15) is 0 Å². The Kier molecular flexibility index (Phi) is 21.2. The minimum atomic E-state index is 0.242. The van der Waals surface area contributed by atoms with Gasteiger partial charge in [-0.25, -0.2) is 0 Å². The molecule has 1 amide bonds. The summed E-state index contributed by atoms with van der Waals surface area (Å²) in [6.07, 6.45) is 18.1. The normalized spacial score (nSPS) is 11.1. The Morgan fingerprint density at radius 3 is 1.67 bits per heavy atom. The second-order valence-electron chi connectivity index (χ2n) is 7.62. The lowest BCUT2D eigenvalue weighted by molar-refractivity contribution is -0.130. The second kappa shape index (κ2) is 21.7. The van der Waals surface area contributed by atoms with Crippen molar-refractivity contribution in [2.75, 3.05) is 40.0 Å². The van der Waals surface area contributed by atoms with Crippen molar-refractivity contribution in [1.82, 2.24) is 4.90 Å². The molecule has 0 aliphatic rings. The number of amides is 1. The van der Waals surface area contributed by atoms with Crippen LogP contribution in [-0.4, -0.2) is 50.8 Å². The van der Waals surface area contributed by atoms with Gasteiger partial charge < -0.3 is 14.4 Å². The summed E-state index contributed by atoms with van der Waals surface area (Å²) >= 11 is 0. The molecule has 0 saturated heterocycles. The number of ether oxygens (including phenoxy) is 2. The fourth-order valence-electron chi connectivity index (χ4n) is 3.18. The average Bonchev–Trinajstić information content (AvgIpc) is 2.67. The second-order valence-corrected chi connectivity index (χ2v) is 7.62. The Hall–Kier alpha value is -0.610. The highest BCUT2D eigenvalue weighted by atomic mass is 16.5. The first-order chi connectivity index (χ1) is 13.2. The van der Waals surface area contributed by atoms with Crippen LogP contribution in [0.3, 0.4) is 0 Å². The lowest BCUT2D eigenvalue weighted by Gasteiger charge is -2.17. The molecule has 27 heavy (non-hydrogen) atoms. The lowest BCUT2D eigenvalue weighted by atomic mass is 10.0. The minimum Gasteiger partial charge on any atom is -0.379 e. The molecule has 0 N–H and O–H groups in total.